The van der Waals surface area contributed by atoms with Crippen molar-refractivity contribution in [3.63, 3.8) is 0 Å². The van der Waals surface area contributed by atoms with Crippen LogP contribution in [0.2, 0.25) is 0 Å². The zero-order chi connectivity index (χ0) is 20.8. The van der Waals surface area contributed by atoms with Gasteiger partial charge in [0.1, 0.15) is 0 Å². The number of oxazole rings is 1. The summed E-state index contributed by atoms with van der Waals surface area (Å²) in [6.07, 6.45) is 0.919. The molecule has 29 heavy (non-hydrogen) atoms. The summed E-state index contributed by atoms with van der Waals surface area (Å²) < 4.78 is 11.5. The average Bonchev–Trinajstić information content (AvgIpc) is 3.05. The van der Waals surface area contributed by atoms with Crippen LogP contribution in [0.25, 0.3) is 11.1 Å². The van der Waals surface area contributed by atoms with Gasteiger partial charge in [-0.2, -0.15) is 0 Å². The molecule has 0 fully saturated rings. The van der Waals surface area contributed by atoms with Crippen molar-refractivity contribution in [2.45, 2.75) is 39.3 Å². The monoisotopic (exact) mass is 396 g/mol. The molecule has 152 valence electrons. The highest BCUT2D eigenvalue weighted by atomic mass is 16.5. The molecule has 0 radical (unpaired) electrons. The van der Waals surface area contributed by atoms with Crippen LogP contribution in [-0.4, -0.2) is 23.1 Å². The number of fused-ring (bicyclic) bond motifs is 1. The molecule has 0 aliphatic carbocycles. The molecular formula is C22H24N2O5. The Morgan fingerprint density at radius 3 is 2.59 bits per heavy atom. The summed E-state index contributed by atoms with van der Waals surface area (Å²) in [6, 6.07) is 14.8. The van der Waals surface area contributed by atoms with Crippen molar-refractivity contribution in [2.75, 3.05) is 6.61 Å². The lowest BCUT2D eigenvalue weighted by atomic mass is 10.1. The first kappa shape index (κ1) is 20.4. The number of ether oxygens (including phenoxy) is 1. The summed E-state index contributed by atoms with van der Waals surface area (Å²) in [7, 11) is 0. The molecule has 0 saturated carbocycles. The maximum Gasteiger partial charge on any atom is 0.419 e. The highest BCUT2D eigenvalue weighted by Crippen LogP contribution is 2.14. The number of nitrogens with one attached hydrogen (secondary N) is 1. The van der Waals surface area contributed by atoms with Crippen LogP contribution in [0.15, 0.2) is 57.7 Å². The Hall–Kier alpha value is -3.35. The van der Waals surface area contributed by atoms with Gasteiger partial charge >= 0.3 is 11.7 Å². The fourth-order valence-electron chi connectivity index (χ4n) is 3.06. The van der Waals surface area contributed by atoms with Gasteiger partial charge < -0.3 is 14.5 Å². The Labute approximate surface area is 168 Å². The number of aryl methyl sites for hydroxylation is 2. The van der Waals surface area contributed by atoms with Crippen molar-refractivity contribution in [1.82, 2.24) is 9.88 Å². The maximum absolute atomic E-state index is 12.1. The number of nitrogens with zero attached hydrogens (tertiary/aromatic N) is 1. The van der Waals surface area contributed by atoms with Crippen molar-refractivity contribution in [2.24, 2.45) is 0 Å². The van der Waals surface area contributed by atoms with Gasteiger partial charge in [0.2, 0.25) is 0 Å². The van der Waals surface area contributed by atoms with E-state index >= 15 is 0 Å². The second kappa shape index (κ2) is 9.23. The Bertz CT molecular complexity index is 1050. The van der Waals surface area contributed by atoms with E-state index in [0.717, 1.165) is 12.0 Å². The van der Waals surface area contributed by atoms with E-state index in [0.29, 0.717) is 11.1 Å². The largest absolute Gasteiger partial charge is 0.456 e. The molecule has 1 N–H and O–H groups in total. The van der Waals surface area contributed by atoms with Crippen LogP contribution in [0.1, 0.15) is 37.4 Å². The molecule has 0 aliphatic heterocycles. The number of amides is 1. The number of hydrogen-bond donors (Lipinski definition) is 1. The van der Waals surface area contributed by atoms with Gasteiger partial charge in [0, 0.05) is 6.54 Å². The lowest BCUT2D eigenvalue weighted by Crippen LogP contribution is -2.31. The van der Waals surface area contributed by atoms with Crippen molar-refractivity contribution in [1.29, 1.82) is 0 Å². The molecule has 1 amide bonds. The molecule has 7 nitrogen and oxygen atoms in total. The van der Waals surface area contributed by atoms with Crippen LogP contribution in [0.3, 0.4) is 0 Å². The van der Waals surface area contributed by atoms with Gasteiger partial charge in [-0.3, -0.25) is 14.2 Å². The highest BCUT2D eigenvalue weighted by molar-refractivity contribution is 5.81. The third kappa shape index (κ3) is 5.13. The lowest BCUT2D eigenvalue weighted by Gasteiger charge is -2.15. The number of carbonyl (C=O) groups is 2. The van der Waals surface area contributed by atoms with E-state index in [9.17, 15) is 14.4 Å². The number of esters is 1. The minimum absolute atomic E-state index is 0.0370. The summed E-state index contributed by atoms with van der Waals surface area (Å²) in [5.74, 6) is -1.46. The summed E-state index contributed by atoms with van der Waals surface area (Å²) in [4.78, 5) is 35.9. The molecule has 3 rings (SSSR count). The molecular weight excluding hydrogens is 372 g/mol. The van der Waals surface area contributed by atoms with Gasteiger partial charge in [-0.1, -0.05) is 43.3 Å². The van der Waals surface area contributed by atoms with Crippen LogP contribution in [0, 0.1) is 0 Å². The first-order valence-corrected chi connectivity index (χ1v) is 9.60. The predicted octanol–water partition coefficient (Wildman–Crippen LogP) is 2.97. The van der Waals surface area contributed by atoms with Crippen molar-refractivity contribution >= 4 is 23.0 Å². The first-order valence-electron chi connectivity index (χ1n) is 9.60. The standard InChI is InChI=1S/C22H24N2O5/c1-3-16-8-10-17(11-9-16)15(2)23-20(25)14-28-21(26)12-13-24-18-6-4-5-7-19(18)29-22(24)27/h4-11,15H,3,12-14H2,1-2H3,(H,23,25)/t15-/m0/s1. The lowest BCUT2D eigenvalue weighted by molar-refractivity contribution is -0.148. The molecule has 0 bridgehead atoms. The van der Waals surface area contributed by atoms with Gasteiger partial charge in [0.25, 0.3) is 5.91 Å². The van der Waals surface area contributed by atoms with Gasteiger partial charge in [-0.05, 0) is 36.6 Å². The quantitative estimate of drug-likeness (QED) is 0.591. The van der Waals surface area contributed by atoms with E-state index < -0.39 is 11.7 Å². The highest BCUT2D eigenvalue weighted by Gasteiger charge is 2.14. The average molecular weight is 396 g/mol. The number of carbonyl (C=O) groups excluding carboxylic acids is 2. The van der Waals surface area contributed by atoms with Crippen molar-refractivity contribution in [3.05, 3.63) is 70.2 Å². The smallest absolute Gasteiger partial charge is 0.419 e. The van der Waals surface area contributed by atoms with E-state index in [1.165, 1.54) is 10.1 Å². The topological polar surface area (TPSA) is 90.5 Å². The van der Waals surface area contributed by atoms with Gasteiger partial charge in [0.05, 0.1) is 18.0 Å². The molecule has 0 saturated heterocycles. The van der Waals surface area contributed by atoms with Crippen LogP contribution < -0.4 is 11.1 Å². The molecule has 2 aromatic carbocycles. The Balaban J connectivity index is 1.46. The third-order valence-corrected chi connectivity index (χ3v) is 4.74. The second-order valence-electron chi connectivity index (χ2n) is 6.78. The summed E-state index contributed by atoms with van der Waals surface area (Å²) >= 11 is 0. The van der Waals surface area contributed by atoms with Crippen molar-refractivity contribution in [3.8, 4) is 0 Å². The number of aromatic nitrogens is 1. The van der Waals surface area contributed by atoms with E-state index in [1.54, 1.807) is 24.3 Å². The summed E-state index contributed by atoms with van der Waals surface area (Å²) in [5, 5.41) is 2.81. The molecule has 7 heteroatoms. The van der Waals surface area contributed by atoms with Gasteiger partial charge in [-0.15, -0.1) is 0 Å². The van der Waals surface area contributed by atoms with Crippen LogP contribution >= 0.6 is 0 Å². The Morgan fingerprint density at radius 2 is 1.86 bits per heavy atom. The predicted molar refractivity (Wildman–Crippen MR) is 108 cm³/mol. The summed E-state index contributed by atoms with van der Waals surface area (Å²) in [6.45, 7) is 3.71. The van der Waals surface area contributed by atoms with Crippen LogP contribution in [-0.2, 0) is 27.3 Å². The van der Waals surface area contributed by atoms with E-state index in [-0.39, 0.29) is 31.5 Å². The minimum atomic E-state index is -0.558. The third-order valence-electron chi connectivity index (χ3n) is 4.74. The Kier molecular flexibility index (Phi) is 6.49. The number of benzene rings is 2. The maximum atomic E-state index is 12.1. The zero-order valence-corrected chi connectivity index (χ0v) is 16.5. The van der Waals surface area contributed by atoms with E-state index in [1.807, 2.05) is 31.2 Å². The van der Waals surface area contributed by atoms with E-state index in [2.05, 4.69) is 12.2 Å². The Morgan fingerprint density at radius 1 is 1.14 bits per heavy atom. The molecule has 1 atom stereocenters. The number of hydrogen-bond acceptors (Lipinski definition) is 5. The van der Waals surface area contributed by atoms with E-state index in [4.69, 9.17) is 9.15 Å². The fraction of sp³-hybridized carbons (Fsp3) is 0.318. The molecule has 0 spiro atoms. The molecule has 3 aromatic rings. The van der Waals surface area contributed by atoms with Crippen LogP contribution in [0.4, 0.5) is 0 Å². The van der Waals surface area contributed by atoms with Gasteiger partial charge in [-0.25, -0.2) is 4.79 Å². The normalized spacial score (nSPS) is 11.9. The minimum Gasteiger partial charge on any atom is -0.456 e. The first-order chi connectivity index (χ1) is 14.0. The number of para-hydroxylation sites is 2. The van der Waals surface area contributed by atoms with Gasteiger partial charge in [0.15, 0.2) is 12.2 Å². The molecule has 1 heterocycles. The van der Waals surface area contributed by atoms with Crippen molar-refractivity contribution < 1.29 is 18.7 Å². The zero-order valence-electron chi connectivity index (χ0n) is 16.5. The summed E-state index contributed by atoms with van der Waals surface area (Å²) in [5.41, 5.74) is 3.29. The van der Waals surface area contributed by atoms with Crippen LogP contribution in [0.5, 0.6) is 0 Å². The second-order valence-corrected chi connectivity index (χ2v) is 6.78. The molecule has 0 unspecified atom stereocenters. The molecule has 0 aliphatic rings. The molecule has 1 aromatic heterocycles. The fourth-order valence-corrected chi connectivity index (χ4v) is 3.06. The SMILES string of the molecule is CCc1ccc([C@H](C)NC(=O)COC(=O)CCn2c(=O)oc3ccccc32)cc1. The number of rotatable bonds is 8.